The lowest BCUT2D eigenvalue weighted by Crippen LogP contribution is -2.40. The van der Waals surface area contributed by atoms with Gasteiger partial charge in [-0.1, -0.05) is 12.8 Å². The van der Waals surface area contributed by atoms with Crippen LogP contribution in [0.25, 0.3) is 0 Å². The normalized spacial score (nSPS) is 17.4. The molecule has 0 unspecified atom stereocenters. The zero-order chi connectivity index (χ0) is 13.0. The van der Waals surface area contributed by atoms with Gasteiger partial charge in [-0.15, -0.1) is 0 Å². The maximum absolute atomic E-state index is 11.8. The molecule has 0 aliphatic heterocycles. The van der Waals surface area contributed by atoms with Crippen molar-refractivity contribution in [2.45, 2.75) is 44.8 Å². The van der Waals surface area contributed by atoms with E-state index in [0.717, 1.165) is 25.7 Å². The Morgan fingerprint density at radius 2 is 2.17 bits per heavy atom. The van der Waals surface area contributed by atoms with Gasteiger partial charge in [0.05, 0.1) is 11.8 Å². The van der Waals surface area contributed by atoms with Gasteiger partial charge in [0.25, 0.3) is 5.91 Å². The van der Waals surface area contributed by atoms with E-state index in [2.05, 4.69) is 5.32 Å². The summed E-state index contributed by atoms with van der Waals surface area (Å²) in [5.74, 6) is -0.781. The third-order valence-electron chi connectivity index (χ3n) is 3.11. The van der Waals surface area contributed by atoms with Crippen LogP contribution in [0, 0.1) is 0 Å². The molecule has 1 N–H and O–H groups in total. The van der Waals surface area contributed by atoms with E-state index >= 15 is 0 Å². The molecule has 1 saturated carbocycles. The Bertz CT molecular complexity index is 407. The second kappa shape index (κ2) is 5.71. The van der Waals surface area contributed by atoms with E-state index in [9.17, 15) is 9.59 Å². The summed E-state index contributed by atoms with van der Waals surface area (Å²) in [6, 6.07) is 1.73. The van der Waals surface area contributed by atoms with Gasteiger partial charge in [0.1, 0.15) is 6.26 Å². The quantitative estimate of drug-likeness (QED) is 0.830. The number of hydrogen-bond acceptors (Lipinski definition) is 4. The van der Waals surface area contributed by atoms with E-state index in [1.165, 1.54) is 18.6 Å². The van der Waals surface area contributed by atoms with E-state index in [4.69, 9.17) is 9.15 Å². The van der Waals surface area contributed by atoms with Crippen LogP contribution in [-0.2, 0) is 9.53 Å². The molecule has 5 nitrogen and oxygen atoms in total. The first-order chi connectivity index (χ1) is 8.66. The fourth-order valence-electron chi connectivity index (χ4n) is 2.05. The molecule has 1 aliphatic carbocycles. The zero-order valence-electron chi connectivity index (χ0n) is 10.3. The van der Waals surface area contributed by atoms with Crippen molar-refractivity contribution >= 4 is 11.9 Å². The van der Waals surface area contributed by atoms with Gasteiger partial charge in [0.2, 0.25) is 0 Å². The number of hydrogen-bond donors (Lipinski definition) is 1. The highest BCUT2D eigenvalue weighted by molar-refractivity contribution is 5.91. The molecule has 1 aromatic rings. The fraction of sp³-hybridized carbons (Fsp3) is 0.538. The molecular formula is C13H17NO4. The number of rotatable bonds is 4. The number of nitrogens with one attached hydrogen (secondary N) is 1. The molecule has 2 rings (SSSR count). The highest BCUT2D eigenvalue weighted by Gasteiger charge is 2.23. The van der Waals surface area contributed by atoms with Gasteiger partial charge >= 0.3 is 5.97 Å². The third-order valence-corrected chi connectivity index (χ3v) is 3.11. The smallest absolute Gasteiger partial charge is 0.342 e. The topological polar surface area (TPSA) is 68.5 Å². The molecule has 0 radical (unpaired) electrons. The summed E-state index contributed by atoms with van der Waals surface area (Å²) >= 11 is 0. The van der Waals surface area contributed by atoms with Crippen molar-refractivity contribution in [3.8, 4) is 0 Å². The molecule has 98 valence electrons. The van der Waals surface area contributed by atoms with Crippen molar-refractivity contribution in [2.24, 2.45) is 0 Å². The first-order valence-electron chi connectivity index (χ1n) is 6.20. The Kier molecular flexibility index (Phi) is 4.02. The SMILES string of the molecule is C[C@H](OC(=O)c1ccoc1)C(=O)NC1CCCC1. The molecule has 1 fully saturated rings. The van der Waals surface area contributed by atoms with Crippen LogP contribution in [0.15, 0.2) is 23.0 Å². The van der Waals surface area contributed by atoms with Crippen LogP contribution in [0.3, 0.4) is 0 Å². The molecule has 1 aromatic heterocycles. The fourth-order valence-corrected chi connectivity index (χ4v) is 2.05. The van der Waals surface area contributed by atoms with Crippen molar-refractivity contribution in [1.29, 1.82) is 0 Å². The van der Waals surface area contributed by atoms with Gasteiger partial charge < -0.3 is 14.5 Å². The van der Waals surface area contributed by atoms with Crippen LogP contribution >= 0.6 is 0 Å². The number of carbonyl (C=O) groups is 2. The predicted molar refractivity (Wildman–Crippen MR) is 64.0 cm³/mol. The summed E-state index contributed by atoms with van der Waals surface area (Å²) in [4.78, 5) is 23.4. The van der Waals surface area contributed by atoms with Gasteiger partial charge in [-0.05, 0) is 25.8 Å². The van der Waals surface area contributed by atoms with Crippen LogP contribution in [0.5, 0.6) is 0 Å². The molecule has 5 heteroatoms. The van der Waals surface area contributed by atoms with Crippen molar-refractivity contribution in [3.63, 3.8) is 0 Å². The van der Waals surface area contributed by atoms with Crippen LogP contribution in [0.4, 0.5) is 0 Å². The summed E-state index contributed by atoms with van der Waals surface area (Å²) in [7, 11) is 0. The van der Waals surface area contributed by atoms with E-state index in [0.29, 0.717) is 5.56 Å². The Balaban J connectivity index is 1.81. The van der Waals surface area contributed by atoms with Gasteiger partial charge in [-0.3, -0.25) is 4.79 Å². The van der Waals surface area contributed by atoms with Gasteiger partial charge in [-0.2, -0.15) is 0 Å². The zero-order valence-corrected chi connectivity index (χ0v) is 10.3. The van der Waals surface area contributed by atoms with Crippen molar-refractivity contribution < 1.29 is 18.7 Å². The molecule has 0 bridgehead atoms. The van der Waals surface area contributed by atoms with Gasteiger partial charge in [-0.25, -0.2) is 4.79 Å². The lowest BCUT2D eigenvalue weighted by molar-refractivity contribution is -0.129. The molecule has 1 amide bonds. The maximum Gasteiger partial charge on any atom is 0.342 e. The van der Waals surface area contributed by atoms with Crippen molar-refractivity contribution in [1.82, 2.24) is 5.32 Å². The summed E-state index contributed by atoms with van der Waals surface area (Å²) < 4.78 is 9.84. The number of amides is 1. The molecular weight excluding hydrogens is 234 g/mol. The summed E-state index contributed by atoms with van der Waals surface area (Å²) in [6.45, 7) is 1.57. The Labute approximate surface area is 105 Å². The summed E-state index contributed by atoms with van der Waals surface area (Å²) in [5.41, 5.74) is 0.315. The lowest BCUT2D eigenvalue weighted by atomic mass is 10.2. The molecule has 1 heterocycles. The lowest BCUT2D eigenvalue weighted by Gasteiger charge is -2.16. The predicted octanol–water partition coefficient (Wildman–Crippen LogP) is 1.88. The number of furan rings is 1. The second-order valence-corrected chi connectivity index (χ2v) is 4.55. The second-order valence-electron chi connectivity index (χ2n) is 4.55. The van der Waals surface area contributed by atoms with Crippen molar-refractivity contribution in [2.75, 3.05) is 0 Å². The summed E-state index contributed by atoms with van der Waals surface area (Å²) in [5, 5.41) is 2.89. The molecule has 0 spiro atoms. The molecule has 0 saturated heterocycles. The van der Waals surface area contributed by atoms with E-state index < -0.39 is 12.1 Å². The number of esters is 1. The number of ether oxygens (including phenoxy) is 1. The monoisotopic (exact) mass is 251 g/mol. The van der Waals surface area contributed by atoms with E-state index in [1.54, 1.807) is 6.92 Å². The first-order valence-corrected chi connectivity index (χ1v) is 6.20. The molecule has 1 aliphatic rings. The van der Waals surface area contributed by atoms with Crippen LogP contribution in [0.1, 0.15) is 43.0 Å². The standard InChI is InChI=1S/C13H17NO4/c1-9(12(15)14-11-4-2-3-5-11)18-13(16)10-6-7-17-8-10/h6-9,11H,2-5H2,1H3,(H,14,15)/t9-/m0/s1. The highest BCUT2D eigenvalue weighted by atomic mass is 16.5. The third kappa shape index (κ3) is 3.12. The van der Waals surface area contributed by atoms with Crippen LogP contribution < -0.4 is 5.32 Å². The van der Waals surface area contributed by atoms with Gasteiger partial charge in [0.15, 0.2) is 6.10 Å². The Morgan fingerprint density at radius 1 is 1.44 bits per heavy atom. The van der Waals surface area contributed by atoms with Crippen LogP contribution in [0.2, 0.25) is 0 Å². The largest absolute Gasteiger partial charge is 0.472 e. The van der Waals surface area contributed by atoms with Crippen molar-refractivity contribution in [3.05, 3.63) is 24.2 Å². The summed E-state index contributed by atoms with van der Waals surface area (Å²) in [6.07, 6.45) is 6.21. The minimum absolute atomic E-state index is 0.229. The molecule has 18 heavy (non-hydrogen) atoms. The first kappa shape index (κ1) is 12.7. The minimum Gasteiger partial charge on any atom is -0.472 e. The van der Waals surface area contributed by atoms with E-state index in [-0.39, 0.29) is 11.9 Å². The average molecular weight is 251 g/mol. The van der Waals surface area contributed by atoms with E-state index in [1.807, 2.05) is 0 Å². The Hall–Kier alpha value is -1.78. The number of carbonyl (C=O) groups excluding carboxylic acids is 2. The minimum atomic E-state index is -0.784. The highest BCUT2D eigenvalue weighted by Crippen LogP contribution is 2.17. The molecule has 0 aromatic carbocycles. The van der Waals surface area contributed by atoms with Crippen LogP contribution in [-0.4, -0.2) is 24.0 Å². The average Bonchev–Trinajstić information content (AvgIpc) is 3.01. The Morgan fingerprint density at radius 3 is 2.78 bits per heavy atom. The molecule has 1 atom stereocenters. The maximum atomic E-state index is 11.8. The van der Waals surface area contributed by atoms with Gasteiger partial charge in [0, 0.05) is 6.04 Å².